The van der Waals surface area contributed by atoms with Gasteiger partial charge in [-0.2, -0.15) is 0 Å². The maximum atomic E-state index is 11.7. The smallest absolute Gasteiger partial charge is 0.225 e. The second-order valence-corrected chi connectivity index (χ2v) is 3.77. The fraction of sp³-hybridized carbons (Fsp3) is 0.909. The Kier molecular flexibility index (Phi) is 8.33. The van der Waals surface area contributed by atoms with E-state index in [4.69, 9.17) is 9.84 Å². The summed E-state index contributed by atoms with van der Waals surface area (Å²) in [6.45, 7) is 7.52. The van der Waals surface area contributed by atoms with Crippen LogP contribution in [0.15, 0.2) is 0 Å². The number of ether oxygens (including phenoxy) is 1. The lowest BCUT2D eigenvalue weighted by Crippen LogP contribution is -2.39. The van der Waals surface area contributed by atoms with Gasteiger partial charge in [0, 0.05) is 19.2 Å². The van der Waals surface area contributed by atoms with E-state index in [-0.39, 0.29) is 18.6 Å². The molecule has 0 saturated heterocycles. The second kappa shape index (κ2) is 8.68. The van der Waals surface area contributed by atoms with Gasteiger partial charge in [0.2, 0.25) is 5.91 Å². The van der Waals surface area contributed by atoms with E-state index < -0.39 is 0 Å². The molecule has 0 heterocycles. The Bertz CT molecular complexity index is 171. The lowest BCUT2D eigenvalue weighted by Gasteiger charge is -2.25. The number of hydrogen-bond acceptors (Lipinski definition) is 3. The fourth-order valence-electron chi connectivity index (χ4n) is 1.33. The Labute approximate surface area is 92.2 Å². The van der Waals surface area contributed by atoms with E-state index in [1.54, 1.807) is 4.90 Å². The van der Waals surface area contributed by atoms with Gasteiger partial charge >= 0.3 is 0 Å². The molecule has 0 saturated carbocycles. The van der Waals surface area contributed by atoms with Crippen LogP contribution in [-0.4, -0.2) is 48.3 Å². The lowest BCUT2D eigenvalue weighted by atomic mass is 10.2. The van der Waals surface area contributed by atoms with Crippen LogP contribution in [0.1, 0.15) is 33.6 Å². The van der Waals surface area contributed by atoms with Crippen LogP contribution >= 0.6 is 0 Å². The number of amides is 1. The van der Waals surface area contributed by atoms with Crippen molar-refractivity contribution in [2.75, 3.05) is 26.4 Å². The van der Waals surface area contributed by atoms with E-state index in [0.29, 0.717) is 26.2 Å². The predicted molar refractivity (Wildman–Crippen MR) is 59.7 cm³/mol. The molecule has 4 heteroatoms. The van der Waals surface area contributed by atoms with Gasteiger partial charge in [0.15, 0.2) is 0 Å². The number of aliphatic hydroxyl groups is 1. The van der Waals surface area contributed by atoms with Gasteiger partial charge in [-0.25, -0.2) is 0 Å². The van der Waals surface area contributed by atoms with Gasteiger partial charge in [-0.15, -0.1) is 0 Å². The van der Waals surface area contributed by atoms with Gasteiger partial charge < -0.3 is 14.7 Å². The number of rotatable bonds is 8. The summed E-state index contributed by atoms with van der Waals surface area (Å²) in [4.78, 5) is 13.3. The van der Waals surface area contributed by atoms with Gasteiger partial charge in [0.05, 0.1) is 19.6 Å². The SMILES string of the molecule is CCCOCCC(=O)N(CCO)C(C)C. The summed E-state index contributed by atoms with van der Waals surface area (Å²) in [6, 6.07) is 0.135. The highest BCUT2D eigenvalue weighted by atomic mass is 16.5. The van der Waals surface area contributed by atoms with Crippen molar-refractivity contribution in [2.45, 2.75) is 39.7 Å². The molecule has 1 N–H and O–H groups in total. The Morgan fingerprint density at radius 2 is 2.07 bits per heavy atom. The van der Waals surface area contributed by atoms with Crippen molar-refractivity contribution in [3.05, 3.63) is 0 Å². The highest BCUT2D eigenvalue weighted by Gasteiger charge is 2.15. The Balaban J connectivity index is 3.82. The molecule has 0 aromatic heterocycles. The minimum Gasteiger partial charge on any atom is -0.395 e. The molecule has 0 aromatic rings. The van der Waals surface area contributed by atoms with Crippen LogP contribution in [0.4, 0.5) is 0 Å². The number of carbonyl (C=O) groups is 1. The van der Waals surface area contributed by atoms with Crippen molar-refractivity contribution >= 4 is 5.91 Å². The third-order valence-electron chi connectivity index (χ3n) is 2.09. The van der Waals surface area contributed by atoms with Crippen LogP contribution in [0, 0.1) is 0 Å². The molecule has 0 atom stereocenters. The highest BCUT2D eigenvalue weighted by molar-refractivity contribution is 5.76. The van der Waals surface area contributed by atoms with Crippen molar-refractivity contribution < 1.29 is 14.6 Å². The first-order valence-corrected chi connectivity index (χ1v) is 5.61. The van der Waals surface area contributed by atoms with Crippen LogP contribution < -0.4 is 0 Å². The van der Waals surface area contributed by atoms with Crippen molar-refractivity contribution in [1.82, 2.24) is 4.90 Å². The topological polar surface area (TPSA) is 49.8 Å². The zero-order valence-corrected chi connectivity index (χ0v) is 10.0. The predicted octanol–water partition coefficient (Wildman–Crippen LogP) is 1.03. The Hall–Kier alpha value is -0.610. The van der Waals surface area contributed by atoms with E-state index in [0.717, 1.165) is 6.42 Å². The molecule has 0 rings (SSSR count). The molecule has 0 bridgehead atoms. The van der Waals surface area contributed by atoms with Crippen LogP contribution in [0.3, 0.4) is 0 Å². The molecule has 4 nitrogen and oxygen atoms in total. The molecule has 0 aliphatic carbocycles. The molecule has 0 spiro atoms. The minimum atomic E-state index is 0.0136. The van der Waals surface area contributed by atoms with Crippen molar-refractivity contribution in [1.29, 1.82) is 0 Å². The first-order chi connectivity index (χ1) is 7.13. The molecule has 0 unspecified atom stereocenters. The molecule has 1 amide bonds. The molecule has 0 aromatic carbocycles. The van der Waals surface area contributed by atoms with Gasteiger partial charge in [-0.05, 0) is 20.3 Å². The largest absolute Gasteiger partial charge is 0.395 e. The van der Waals surface area contributed by atoms with Crippen molar-refractivity contribution in [3.63, 3.8) is 0 Å². The third-order valence-corrected chi connectivity index (χ3v) is 2.09. The highest BCUT2D eigenvalue weighted by Crippen LogP contribution is 2.01. The molecule has 0 radical (unpaired) electrons. The fourth-order valence-corrected chi connectivity index (χ4v) is 1.33. The zero-order chi connectivity index (χ0) is 11.7. The summed E-state index contributed by atoms with van der Waals surface area (Å²) in [5.41, 5.74) is 0. The molecule has 15 heavy (non-hydrogen) atoms. The third kappa shape index (κ3) is 6.47. The zero-order valence-electron chi connectivity index (χ0n) is 10.0. The molecule has 90 valence electrons. The quantitative estimate of drug-likeness (QED) is 0.618. The van der Waals surface area contributed by atoms with Crippen LogP contribution in [0.5, 0.6) is 0 Å². The standard InChI is InChI=1S/C11H23NO3/c1-4-8-15-9-5-11(14)12(6-7-13)10(2)3/h10,13H,4-9H2,1-3H3. The minimum absolute atomic E-state index is 0.0136. The van der Waals surface area contributed by atoms with Crippen molar-refractivity contribution in [3.8, 4) is 0 Å². The monoisotopic (exact) mass is 217 g/mol. The maximum absolute atomic E-state index is 11.7. The number of hydrogen-bond donors (Lipinski definition) is 1. The molecular weight excluding hydrogens is 194 g/mol. The van der Waals surface area contributed by atoms with E-state index in [2.05, 4.69) is 0 Å². The van der Waals surface area contributed by atoms with Crippen LogP contribution in [0.2, 0.25) is 0 Å². The summed E-state index contributed by atoms with van der Waals surface area (Å²) >= 11 is 0. The van der Waals surface area contributed by atoms with Gasteiger partial charge in [0.1, 0.15) is 0 Å². The molecule has 0 aliphatic heterocycles. The second-order valence-electron chi connectivity index (χ2n) is 3.77. The average Bonchev–Trinajstić information content (AvgIpc) is 2.20. The van der Waals surface area contributed by atoms with Crippen LogP contribution in [-0.2, 0) is 9.53 Å². The summed E-state index contributed by atoms with van der Waals surface area (Å²) in [7, 11) is 0. The summed E-state index contributed by atoms with van der Waals surface area (Å²) in [5, 5.41) is 8.82. The van der Waals surface area contributed by atoms with Gasteiger partial charge in [0.25, 0.3) is 0 Å². The summed E-state index contributed by atoms with van der Waals surface area (Å²) in [6.07, 6.45) is 1.37. The van der Waals surface area contributed by atoms with Gasteiger partial charge in [-0.1, -0.05) is 6.92 Å². The Morgan fingerprint density at radius 1 is 1.40 bits per heavy atom. The number of carbonyl (C=O) groups excluding carboxylic acids is 1. The number of aliphatic hydroxyl groups excluding tert-OH is 1. The summed E-state index contributed by atoms with van der Waals surface area (Å²) < 4.78 is 5.25. The Morgan fingerprint density at radius 3 is 2.53 bits per heavy atom. The van der Waals surface area contributed by atoms with E-state index >= 15 is 0 Å². The first-order valence-electron chi connectivity index (χ1n) is 5.61. The molecule has 0 fully saturated rings. The lowest BCUT2D eigenvalue weighted by molar-refractivity contribution is -0.134. The van der Waals surface area contributed by atoms with E-state index in [1.165, 1.54) is 0 Å². The van der Waals surface area contributed by atoms with E-state index in [9.17, 15) is 4.79 Å². The van der Waals surface area contributed by atoms with Crippen LogP contribution in [0.25, 0.3) is 0 Å². The van der Waals surface area contributed by atoms with E-state index in [1.807, 2.05) is 20.8 Å². The first kappa shape index (κ1) is 14.4. The normalized spacial score (nSPS) is 10.7. The molecular formula is C11H23NO3. The average molecular weight is 217 g/mol. The molecule has 0 aliphatic rings. The van der Waals surface area contributed by atoms with Gasteiger partial charge in [-0.3, -0.25) is 4.79 Å². The summed E-state index contributed by atoms with van der Waals surface area (Å²) in [5.74, 6) is 0.0511. The number of nitrogens with zero attached hydrogens (tertiary/aromatic N) is 1. The maximum Gasteiger partial charge on any atom is 0.225 e. The van der Waals surface area contributed by atoms with Crippen molar-refractivity contribution in [2.24, 2.45) is 0 Å².